The predicted octanol–water partition coefficient (Wildman–Crippen LogP) is 6.42. The summed E-state index contributed by atoms with van der Waals surface area (Å²) < 4.78 is 13.5. The normalized spacial score (nSPS) is 18.9. The van der Waals surface area contributed by atoms with Crippen LogP contribution in [0.1, 0.15) is 47.2 Å². The summed E-state index contributed by atoms with van der Waals surface area (Å²) in [5.74, 6) is -1.91. The summed E-state index contributed by atoms with van der Waals surface area (Å²) in [5, 5.41) is 4.08. The van der Waals surface area contributed by atoms with Crippen molar-refractivity contribution >= 4 is 33.1 Å². The van der Waals surface area contributed by atoms with Gasteiger partial charge in [0.15, 0.2) is 11.6 Å². The molecule has 0 bridgehead atoms. The zero-order chi connectivity index (χ0) is 21.0. The number of rotatable bonds is 2. The first-order valence-corrected chi connectivity index (χ1v) is 10.2. The van der Waals surface area contributed by atoms with Crippen LogP contribution >= 0.6 is 0 Å². The number of hydrogen-bond acceptors (Lipinski definition) is 2. The smallest absolute Gasteiger partial charge is 0.178 e. The molecule has 0 saturated carbocycles. The predicted molar refractivity (Wildman–Crippen MR) is 118 cm³/mol. The summed E-state index contributed by atoms with van der Waals surface area (Å²) in [6.45, 7) is 4.02. The van der Waals surface area contributed by atoms with Crippen molar-refractivity contribution in [2.45, 2.75) is 25.7 Å². The molecular weight excluding hydrogens is 375 g/mol. The second-order valence-electron chi connectivity index (χ2n) is 8.38. The molecule has 0 amide bonds. The lowest BCUT2D eigenvalue weighted by Gasteiger charge is -2.33. The summed E-state index contributed by atoms with van der Waals surface area (Å²) >= 11 is 0. The first-order chi connectivity index (χ1) is 14.5. The Kier molecular flexibility index (Phi) is 4.28. The molecule has 5 rings (SSSR count). The van der Waals surface area contributed by atoms with E-state index in [1.54, 1.807) is 12.1 Å². The Morgan fingerprint density at radius 1 is 0.767 bits per heavy atom. The van der Waals surface area contributed by atoms with E-state index in [1.807, 2.05) is 50.2 Å². The summed E-state index contributed by atoms with van der Waals surface area (Å²) in [5.41, 5.74) is 1.99. The number of Topliss-reactive ketones (excluding diaryl/α,β-unsaturated/α-hetero) is 2. The van der Waals surface area contributed by atoms with Crippen molar-refractivity contribution in [3.63, 3.8) is 0 Å². The van der Waals surface area contributed by atoms with Crippen LogP contribution in [-0.4, -0.2) is 11.6 Å². The van der Waals surface area contributed by atoms with Gasteiger partial charge in [-0.1, -0.05) is 74.5 Å². The minimum Gasteiger partial charge on any atom is -0.298 e. The van der Waals surface area contributed by atoms with E-state index in [1.165, 1.54) is 12.1 Å². The van der Waals surface area contributed by atoms with Crippen molar-refractivity contribution in [2.24, 2.45) is 5.92 Å². The zero-order valence-electron chi connectivity index (χ0n) is 16.9. The van der Waals surface area contributed by atoms with Crippen molar-refractivity contribution in [1.29, 1.82) is 0 Å². The fourth-order valence-electron chi connectivity index (χ4n) is 4.90. The van der Waals surface area contributed by atoms with Gasteiger partial charge in [-0.25, -0.2) is 4.39 Å². The Morgan fingerprint density at radius 2 is 1.47 bits per heavy atom. The number of benzene rings is 4. The van der Waals surface area contributed by atoms with Crippen LogP contribution in [0.15, 0.2) is 72.8 Å². The highest BCUT2D eigenvalue weighted by Gasteiger charge is 2.43. The molecule has 2 atom stereocenters. The number of hydrogen-bond donors (Lipinski definition) is 0. The molecule has 148 valence electrons. The van der Waals surface area contributed by atoms with Crippen molar-refractivity contribution in [2.75, 3.05) is 0 Å². The molecular formula is C27H21FO2. The van der Waals surface area contributed by atoms with Crippen LogP contribution in [0, 0.1) is 11.7 Å². The summed E-state index contributed by atoms with van der Waals surface area (Å²) in [4.78, 5) is 27.2. The summed E-state index contributed by atoms with van der Waals surface area (Å²) in [6.07, 6.45) is 0. The molecule has 2 unspecified atom stereocenters. The van der Waals surface area contributed by atoms with E-state index in [-0.39, 0.29) is 29.2 Å². The Bertz CT molecular complexity index is 1320. The molecule has 0 saturated heterocycles. The second kappa shape index (κ2) is 6.88. The third-order valence-corrected chi connectivity index (χ3v) is 6.26. The molecule has 0 spiro atoms. The maximum Gasteiger partial charge on any atom is 0.178 e. The van der Waals surface area contributed by atoms with Gasteiger partial charge in [0.2, 0.25) is 0 Å². The molecule has 0 radical (unpaired) electrons. The average molecular weight is 396 g/mol. The molecule has 4 aromatic rings. The fourth-order valence-corrected chi connectivity index (χ4v) is 4.90. The zero-order valence-corrected chi connectivity index (χ0v) is 16.9. The molecule has 0 fully saturated rings. The monoisotopic (exact) mass is 396 g/mol. The van der Waals surface area contributed by atoms with Crippen LogP contribution in [-0.2, 0) is 4.79 Å². The SMILES string of the molecule is CC(C)C1C(=O)C(c2ccc(F)cc2)C(=O)c2c1ccc1c2ccc2ccccc21. The van der Waals surface area contributed by atoms with E-state index < -0.39 is 5.92 Å². The van der Waals surface area contributed by atoms with E-state index in [2.05, 4.69) is 12.1 Å². The quantitative estimate of drug-likeness (QED) is 0.289. The maximum absolute atomic E-state index is 13.7. The Morgan fingerprint density at radius 3 is 2.20 bits per heavy atom. The number of fused-ring (bicyclic) bond motifs is 5. The number of ketones is 2. The van der Waals surface area contributed by atoms with Gasteiger partial charge in [0.05, 0.1) is 0 Å². The van der Waals surface area contributed by atoms with Gasteiger partial charge in [-0.05, 0) is 50.7 Å². The minimum absolute atomic E-state index is 0.0465. The highest BCUT2D eigenvalue weighted by molar-refractivity contribution is 6.26. The van der Waals surface area contributed by atoms with Crippen molar-refractivity contribution in [3.8, 4) is 0 Å². The summed E-state index contributed by atoms with van der Waals surface area (Å²) in [7, 11) is 0. The molecule has 1 aliphatic carbocycles. The molecule has 0 aliphatic heterocycles. The fraction of sp³-hybridized carbons (Fsp3) is 0.185. The standard InChI is InChI=1S/C27H21FO2/c1-15(2)23-22-14-13-20-19-6-4-3-5-16(19)9-12-21(20)25(22)27(30)24(26(23)29)17-7-10-18(28)11-8-17/h3-15,23-24H,1-2H3. The molecule has 2 nitrogen and oxygen atoms in total. The highest BCUT2D eigenvalue weighted by atomic mass is 19.1. The van der Waals surface area contributed by atoms with Crippen molar-refractivity contribution in [1.82, 2.24) is 0 Å². The van der Waals surface area contributed by atoms with Gasteiger partial charge in [0, 0.05) is 11.5 Å². The average Bonchev–Trinajstić information content (AvgIpc) is 2.74. The largest absolute Gasteiger partial charge is 0.298 e. The van der Waals surface area contributed by atoms with E-state index >= 15 is 0 Å². The van der Waals surface area contributed by atoms with Gasteiger partial charge in [0.25, 0.3) is 0 Å². The topological polar surface area (TPSA) is 34.1 Å². The number of carbonyl (C=O) groups excluding carboxylic acids is 2. The Balaban J connectivity index is 1.82. The molecule has 0 aromatic heterocycles. The lowest BCUT2D eigenvalue weighted by atomic mass is 9.67. The first-order valence-electron chi connectivity index (χ1n) is 10.2. The lowest BCUT2D eigenvalue weighted by molar-refractivity contribution is -0.122. The van der Waals surface area contributed by atoms with Gasteiger partial charge in [0.1, 0.15) is 11.7 Å². The van der Waals surface area contributed by atoms with Crippen LogP contribution in [0.4, 0.5) is 4.39 Å². The Labute approximate surface area is 174 Å². The minimum atomic E-state index is -0.900. The van der Waals surface area contributed by atoms with Gasteiger partial charge in [-0.2, -0.15) is 0 Å². The van der Waals surface area contributed by atoms with E-state index in [0.29, 0.717) is 11.1 Å². The van der Waals surface area contributed by atoms with Gasteiger partial charge >= 0.3 is 0 Å². The molecule has 1 aliphatic rings. The van der Waals surface area contributed by atoms with Crippen LogP contribution in [0.3, 0.4) is 0 Å². The Hall–Kier alpha value is -3.33. The second-order valence-corrected chi connectivity index (χ2v) is 8.38. The van der Waals surface area contributed by atoms with Gasteiger partial charge in [-0.3, -0.25) is 9.59 Å². The number of halogens is 1. The molecule has 0 heterocycles. The maximum atomic E-state index is 13.7. The van der Waals surface area contributed by atoms with Crippen LogP contribution in [0.5, 0.6) is 0 Å². The van der Waals surface area contributed by atoms with Gasteiger partial charge < -0.3 is 0 Å². The van der Waals surface area contributed by atoms with Crippen molar-refractivity contribution in [3.05, 3.63) is 95.3 Å². The molecule has 0 N–H and O–H groups in total. The van der Waals surface area contributed by atoms with Crippen LogP contribution in [0.25, 0.3) is 21.5 Å². The third kappa shape index (κ3) is 2.69. The van der Waals surface area contributed by atoms with E-state index in [9.17, 15) is 14.0 Å². The van der Waals surface area contributed by atoms with Gasteiger partial charge in [-0.15, -0.1) is 0 Å². The highest BCUT2D eigenvalue weighted by Crippen LogP contribution is 2.44. The number of carbonyl (C=O) groups is 2. The molecule has 4 aromatic carbocycles. The van der Waals surface area contributed by atoms with E-state index in [4.69, 9.17) is 0 Å². The van der Waals surface area contributed by atoms with Crippen LogP contribution in [0.2, 0.25) is 0 Å². The lowest BCUT2D eigenvalue weighted by Crippen LogP contribution is -2.36. The van der Waals surface area contributed by atoms with E-state index in [0.717, 1.165) is 27.1 Å². The molecule has 3 heteroatoms. The molecule has 30 heavy (non-hydrogen) atoms. The third-order valence-electron chi connectivity index (χ3n) is 6.26. The van der Waals surface area contributed by atoms with Crippen molar-refractivity contribution < 1.29 is 14.0 Å². The summed E-state index contributed by atoms with van der Waals surface area (Å²) in [6, 6.07) is 21.8. The van der Waals surface area contributed by atoms with Crippen LogP contribution < -0.4 is 0 Å². The first kappa shape index (κ1) is 18.7.